The van der Waals surface area contributed by atoms with Crippen molar-refractivity contribution in [1.29, 1.82) is 0 Å². The van der Waals surface area contributed by atoms with Crippen LogP contribution in [0, 0.1) is 11.8 Å². The van der Waals surface area contributed by atoms with Gasteiger partial charge in [-0.3, -0.25) is 4.90 Å². The molecule has 6 nitrogen and oxygen atoms in total. The minimum absolute atomic E-state index is 0.0753. The Morgan fingerprint density at radius 1 is 1.48 bits per heavy atom. The molecule has 7 heteroatoms. The molecule has 2 aliphatic heterocycles. The summed E-state index contributed by atoms with van der Waals surface area (Å²) in [5.74, 6) is 0.0849. The first kappa shape index (κ1) is 16.4. The number of carboxylic acids is 1. The predicted molar refractivity (Wildman–Crippen MR) is 81.3 cm³/mol. The summed E-state index contributed by atoms with van der Waals surface area (Å²) >= 11 is 1.54. The summed E-state index contributed by atoms with van der Waals surface area (Å²) in [6, 6.07) is -0.998. The van der Waals surface area contributed by atoms with E-state index in [-0.39, 0.29) is 17.3 Å². The molecule has 0 aromatic rings. The van der Waals surface area contributed by atoms with Crippen LogP contribution in [-0.2, 0) is 9.53 Å². The van der Waals surface area contributed by atoms with Gasteiger partial charge in [0, 0.05) is 18.9 Å². The molecule has 3 atom stereocenters. The monoisotopic (exact) mass is 316 g/mol. The van der Waals surface area contributed by atoms with Gasteiger partial charge in [-0.2, -0.15) is 0 Å². The van der Waals surface area contributed by atoms with E-state index in [0.717, 1.165) is 19.4 Å². The fourth-order valence-electron chi connectivity index (χ4n) is 2.78. The van der Waals surface area contributed by atoms with Gasteiger partial charge in [-0.1, -0.05) is 13.8 Å². The third-order valence-electron chi connectivity index (χ3n) is 3.92. The van der Waals surface area contributed by atoms with Crippen molar-refractivity contribution in [2.45, 2.75) is 38.1 Å². The van der Waals surface area contributed by atoms with Crippen molar-refractivity contribution >= 4 is 23.8 Å². The zero-order chi connectivity index (χ0) is 15.4. The number of carbonyl (C=O) groups excluding carboxylic acids is 1. The number of ether oxygens (including phenoxy) is 1. The third kappa shape index (κ3) is 4.03. The number of carbonyl (C=O) groups is 2. The molecular formula is C14H24N2O4S. The average molecular weight is 316 g/mol. The molecule has 0 saturated carbocycles. The van der Waals surface area contributed by atoms with Crippen LogP contribution < -0.4 is 5.32 Å². The number of amides is 2. The Morgan fingerprint density at radius 2 is 2.24 bits per heavy atom. The molecule has 120 valence electrons. The fourth-order valence-corrected chi connectivity index (χ4v) is 4.25. The number of hydrogen-bond donors (Lipinski definition) is 2. The van der Waals surface area contributed by atoms with Gasteiger partial charge in [0.25, 0.3) is 0 Å². The number of nitrogens with one attached hydrogen (secondary N) is 1. The van der Waals surface area contributed by atoms with Crippen LogP contribution in [0.2, 0.25) is 0 Å². The lowest BCUT2D eigenvalue weighted by Gasteiger charge is -2.31. The molecule has 0 aliphatic carbocycles. The first-order valence-corrected chi connectivity index (χ1v) is 8.54. The fraction of sp³-hybridized carbons (Fsp3) is 0.857. The lowest BCUT2D eigenvalue weighted by molar-refractivity contribution is -0.141. The van der Waals surface area contributed by atoms with Crippen LogP contribution in [0.3, 0.4) is 0 Å². The normalized spacial score (nSPS) is 29.7. The van der Waals surface area contributed by atoms with Gasteiger partial charge in [-0.25, -0.2) is 9.59 Å². The molecule has 0 bridgehead atoms. The maximum Gasteiger partial charge on any atom is 0.327 e. The van der Waals surface area contributed by atoms with Crippen molar-refractivity contribution in [2.24, 2.45) is 11.8 Å². The van der Waals surface area contributed by atoms with Crippen molar-refractivity contribution in [2.75, 3.05) is 25.5 Å². The molecule has 0 radical (unpaired) electrons. The summed E-state index contributed by atoms with van der Waals surface area (Å²) in [6.45, 7) is 6.04. The van der Waals surface area contributed by atoms with Crippen molar-refractivity contribution < 1.29 is 19.4 Å². The van der Waals surface area contributed by atoms with Gasteiger partial charge in [0.15, 0.2) is 0 Å². The van der Waals surface area contributed by atoms with E-state index in [9.17, 15) is 14.7 Å². The zero-order valence-corrected chi connectivity index (χ0v) is 13.4. The largest absolute Gasteiger partial charge is 0.480 e. The number of hydrogen-bond acceptors (Lipinski definition) is 4. The molecule has 2 heterocycles. The van der Waals surface area contributed by atoms with E-state index in [4.69, 9.17) is 4.74 Å². The maximum atomic E-state index is 12.4. The second kappa shape index (κ2) is 7.35. The van der Waals surface area contributed by atoms with Gasteiger partial charge in [-0.05, 0) is 24.7 Å². The van der Waals surface area contributed by atoms with Crippen molar-refractivity contribution in [3.05, 3.63) is 0 Å². The number of aliphatic carboxylic acids is 1. The number of carboxylic acid groups (broad SMARTS) is 1. The molecule has 0 aromatic carbocycles. The first-order chi connectivity index (χ1) is 10.0. The van der Waals surface area contributed by atoms with Crippen LogP contribution in [0.15, 0.2) is 0 Å². The van der Waals surface area contributed by atoms with E-state index >= 15 is 0 Å². The van der Waals surface area contributed by atoms with Gasteiger partial charge in [0.2, 0.25) is 0 Å². The van der Waals surface area contributed by atoms with Gasteiger partial charge in [0.1, 0.15) is 6.04 Å². The minimum Gasteiger partial charge on any atom is -0.480 e. The lowest BCUT2D eigenvalue weighted by Crippen LogP contribution is -2.52. The van der Waals surface area contributed by atoms with Crippen LogP contribution in [0.5, 0.6) is 0 Å². The number of nitrogens with zero attached hydrogens (tertiary/aromatic N) is 1. The van der Waals surface area contributed by atoms with Crippen LogP contribution in [-0.4, -0.2) is 58.9 Å². The topological polar surface area (TPSA) is 78.9 Å². The van der Waals surface area contributed by atoms with Crippen LogP contribution in [0.1, 0.15) is 26.7 Å². The van der Waals surface area contributed by atoms with Crippen molar-refractivity contribution in [3.63, 3.8) is 0 Å². The molecule has 21 heavy (non-hydrogen) atoms. The molecule has 2 rings (SSSR count). The molecule has 2 N–H and O–H groups in total. The van der Waals surface area contributed by atoms with Crippen molar-refractivity contribution in [1.82, 2.24) is 10.2 Å². The Hall–Kier alpha value is -0.950. The van der Waals surface area contributed by atoms with E-state index in [1.54, 1.807) is 11.8 Å². The van der Waals surface area contributed by atoms with E-state index in [2.05, 4.69) is 5.32 Å². The summed E-state index contributed by atoms with van der Waals surface area (Å²) in [6.07, 6.45) is 2.07. The van der Waals surface area contributed by atoms with E-state index in [0.29, 0.717) is 24.8 Å². The van der Waals surface area contributed by atoms with Crippen LogP contribution in [0.25, 0.3) is 0 Å². The van der Waals surface area contributed by atoms with Gasteiger partial charge in [0.05, 0.1) is 12.0 Å². The highest BCUT2D eigenvalue weighted by Crippen LogP contribution is 2.34. The van der Waals surface area contributed by atoms with E-state index in [1.165, 1.54) is 4.90 Å². The Bertz CT molecular complexity index is 385. The Balaban J connectivity index is 1.94. The van der Waals surface area contributed by atoms with Gasteiger partial charge < -0.3 is 15.2 Å². The minimum atomic E-state index is -0.929. The maximum absolute atomic E-state index is 12.4. The second-order valence-corrected chi connectivity index (χ2v) is 7.15. The lowest BCUT2D eigenvalue weighted by atomic mass is 10.0. The molecule has 2 fully saturated rings. The first-order valence-electron chi connectivity index (χ1n) is 7.49. The molecule has 2 amide bonds. The molecule has 0 aromatic heterocycles. The van der Waals surface area contributed by atoms with Gasteiger partial charge >= 0.3 is 12.0 Å². The summed E-state index contributed by atoms with van der Waals surface area (Å²) in [4.78, 5) is 25.3. The second-order valence-electron chi connectivity index (χ2n) is 6.00. The molecule has 0 spiro atoms. The molecule has 2 aliphatic rings. The average Bonchev–Trinajstić information content (AvgIpc) is 2.91. The smallest absolute Gasteiger partial charge is 0.327 e. The predicted octanol–water partition coefficient (Wildman–Crippen LogP) is 1.61. The SMILES string of the molecule is CC(C)C1SCC(C(=O)O)N1C(=O)NCC1CCCOC1. The summed E-state index contributed by atoms with van der Waals surface area (Å²) < 4.78 is 5.40. The Kier molecular flexibility index (Phi) is 5.75. The summed E-state index contributed by atoms with van der Waals surface area (Å²) in [5, 5.41) is 12.1. The van der Waals surface area contributed by atoms with Crippen LogP contribution in [0.4, 0.5) is 4.79 Å². The standard InChI is InChI=1S/C14H24N2O4S/c1-9(2)12-16(11(8-21-12)13(17)18)14(19)15-6-10-4-3-5-20-7-10/h9-12H,3-8H2,1-2H3,(H,15,19)(H,17,18). The third-order valence-corrected chi connectivity index (χ3v) is 5.54. The molecule has 2 saturated heterocycles. The summed E-state index contributed by atoms with van der Waals surface area (Å²) in [7, 11) is 0. The quantitative estimate of drug-likeness (QED) is 0.824. The van der Waals surface area contributed by atoms with Gasteiger partial charge in [-0.15, -0.1) is 11.8 Å². The van der Waals surface area contributed by atoms with Crippen LogP contribution >= 0.6 is 11.8 Å². The Morgan fingerprint density at radius 3 is 2.81 bits per heavy atom. The number of urea groups is 1. The zero-order valence-electron chi connectivity index (χ0n) is 12.6. The molecular weight excluding hydrogens is 292 g/mol. The summed E-state index contributed by atoms with van der Waals surface area (Å²) in [5.41, 5.74) is 0. The highest BCUT2D eigenvalue weighted by molar-refractivity contribution is 8.00. The van der Waals surface area contributed by atoms with E-state index in [1.807, 2.05) is 13.8 Å². The number of thioether (sulfide) groups is 1. The molecule has 3 unspecified atom stereocenters. The highest BCUT2D eigenvalue weighted by atomic mass is 32.2. The highest BCUT2D eigenvalue weighted by Gasteiger charge is 2.42. The Labute approximate surface area is 129 Å². The van der Waals surface area contributed by atoms with Crippen molar-refractivity contribution in [3.8, 4) is 0 Å². The number of rotatable bonds is 4. The van der Waals surface area contributed by atoms with E-state index < -0.39 is 12.0 Å².